The number of benzene rings is 1. The molecule has 0 saturated carbocycles. The van der Waals surface area contributed by atoms with Crippen molar-refractivity contribution in [3.05, 3.63) is 33.8 Å². The molecule has 1 aromatic rings. The Morgan fingerprint density at radius 1 is 1.42 bits per heavy atom. The van der Waals surface area contributed by atoms with Gasteiger partial charge in [-0.3, -0.25) is 4.90 Å². The molecule has 0 amide bonds. The van der Waals surface area contributed by atoms with Crippen molar-refractivity contribution in [2.45, 2.75) is 58.2 Å². The first-order valence-corrected chi connectivity index (χ1v) is 8.11. The predicted octanol–water partition coefficient (Wildman–Crippen LogP) is 4.02. The van der Waals surface area contributed by atoms with Crippen molar-refractivity contribution < 1.29 is 0 Å². The van der Waals surface area contributed by atoms with E-state index in [0.717, 1.165) is 0 Å². The van der Waals surface area contributed by atoms with E-state index >= 15 is 0 Å². The molecule has 2 nitrogen and oxygen atoms in total. The lowest BCUT2D eigenvalue weighted by molar-refractivity contribution is 0.137. The first kappa shape index (κ1) is 15.0. The Labute approximate surface area is 125 Å². The van der Waals surface area contributed by atoms with Gasteiger partial charge in [0.1, 0.15) is 0 Å². The van der Waals surface area contributed by atoms with Crippen LogP contribution in [0.1, 0.15) is 50.3 Å². The minimum Gasteiger partial charge on any atom is -0.329 e. The van der Waals surface area contributed by atoms with Gasteiger partial charge in [0.2, 0.25) is 0 Å². The van der Waals surface area contributed by atoms with E-state index in [-0.39, 0.29) is 0 Å². The van der Waals surface area contributed by atoms with Crippen LogP contribution in [0.25, 0.3) is 0 Å². The Kier molecular flexibility index (Phi) is 5.04. The molecule has 1 aliphatic heterocycles. The highest BCUT2D eigenvalue weighted by atomic mass is 79.9. The van der Waals surface area contributed by atoms with Gasteiger partial charge < -0.3 is 5.73 Å². The fourth-order valence-electron chi connectivity index (χ4n) is 3.31. The van der Waals surface area contributed by atoms with Crippen molar-refractivity contribution in [2.75, 3.05) is 6.54 Å². The summed E-state index contributed by atoms with van der Waals surface area (Å²) in [6, 6.07) is 8.32. The molecule has 0 aromatic heterocycles. The second-order valence-corrected chi connectivity index (χ2v) is 6.55. The van der Waals surface area contributed by atoms with Crippen LogP contribution in [-0.2, 0) is 0 Å². The zero-order valence-corrected chi connectivity index (χ0v) is 13.8. The number of nitrogens with zero attached hydrogens (tertiary/aromatic N) is 1. The Balaban J connectivity index is 2.30. The summed E-state index contributed by atoms with van der Waals surface area (Å²) in [5, 5.41) is 0. The average Bonchev–Trinajstić information content (AvgIpc) is 2.76. The van der Waals surface area contributed by atoms with Gasteiger partial charge in [-0.1, -0.05) is 35.0 Å². The normalized spacial score (nSPS) is 25.7. The maximum absolute atomic E-state index is 6.09. The van der Waals surface area contributed by atoms with Gasteiger partial charge in [0, 0.05) is 29.1 Å². The molecule has 3 heteroatoms. The Morgan fingerprint density at radius 2 is 2.16 bits per heavy atom. The molecule has 0 bridgehead atoms. The molecule has 1 heterocycles. The first-order valence-electron chi connectivity index (χ1n) is 7.32. The van der Waals surface area contributed by atoms with Crippen molar-refractivity contribution in [3.63, 3.8) is 0 Å². The maximum atomic E-state index is 6.09. The molecule has 0 aliphatic carbocycles. The van der Waals surface area contributed by atoms with Crippen molar-refractivity contribution in [1.29, 1.82) is 0 Å². The number of nitrogens with two attached hydrogens (primary N) is 1. The van der Waals surface area contributed by atoms with Crippen LogP contribution in [0.5, 0.6) is 0 Å². The standard InChI is InChI=1S/C16H25BrN2/c1-4-14-8-6-12(3)19(14)16(10-18)13-7-5-11(2)15(17)9-13/h5,7,9,12,14,16H,4,6,8,10,18H2,1-3H3. The number of hydrogen-bond acceptors (Lipinski definition) is 2. The smallest absolute Gasteiger partial charge is 0.0476 e. The molecule has 1 aliphatic rings. The minimum atomic E-state index is 0.347. The van der Waals surface area contributed by atoms with E-state index in [2.05, 4.69) is 59.8 Å². The highest BCUT2D eigenvalue weighted by Gasteiger charge is 2.34. The Morgan fingerprint density at radius 3 is 2.74 bits per heavy atom. The molecule has 106 valence electrons. The summed E-state index contributed by atoms with van der Waals surface area (Å²) in [7, 11) is 0. The van der Waals surface area contributed by atoms with Crippen LogP contribution in [0.2, 0.25) is 0 Å². The average molecular weight is 325 g/mol. The lowest BCUT2D eigenvalue weighted by Crippen LogP contribution is -2.41. The van der Waals surface area contributed by atoms with Gasteiger partial charge in [-0.2, -0.15) is 0 Å². The summed E-state index contributed by atoms with van der Waals surface area (Å²) >= 11 is 3.64. The van der Waals surface area contributed by atoms with Crippen molar-refractivity contribution in [1.82, 2.24) is 4.90 Å². The topological polar surface area (TPSA) is 29.3 Å². The lowest BCUT2D eigenvalue weighted by atomic mass is 10.0. The number of hydrogen-bond donors (Lipinski definition) is 1. The van der Waals surface area contributed by atoms with Crippen LogP contribution in [0.4, 0.5) is 0 Å². The summed E-state index contributed by atoms with van der Waals surface area (Å²) in [5.74, 6) is 0. The van der Waals surface area contributed by atoms with E-state index in [1.807, 2.05) is 0 Å². The van der Waals surface area contributed by atoms with E-state index in [9.17, 15) is 0 Å². The number of aryl methyl sites for hydroxylation is 1. The third kappa shape index (κ3) is 3.04. The monoisotopic (exact) mass is 324 g/mol. The van der Waals surface area contributed by atoms with Gasteiger partial charge >= 0.3 is 0 Å². The van der Waals surface area contributed by atoms with Gasteiger partial charge in [-0.05, 0) is 50.3 Å². The molecule has 1 fully saturated rings. The lowest BCUT2D eigenvalue weighted by Gasteiger charge is -2.36. The van der Waals surface area contributed by atoms with E-state index in [4.69, 9.17) is 5.73 Å². The van der Waals surface area contributed by atoms with Gasteiger partial charge in [-0.25, -0.2) is 0 Å². The van der Waals surface area contributed by atoms with E-state index in [1.54, 1.807) is 0 Å². The summed E-state index contributed by atoms with van der Waals surface area (Å²) in [4.78, 5) is 2.64. The van der Waals surface area contributed by atoms with Crippen LogP contribution in [0.15, 0.2) is 22.7 Å². The summed E-state index contributed by atoms with van der Waals surface area (Å²) in [5.41, 5.74) is 8.71. The molecular formula is C16H25BrN2. The Bertz CT molecular complexity index is 433. The van der Waals surface area contributed by atoms with Crippen LogP contribution >= 0.6 is 15.9 Å². The van der Waals surface area contributed by atoms with Gasteiger partial charge in [0.05, 0.1) is 0 Å². The molecule has 3 unspecified atom stereocenters. The summed E-state index contributed by atoms with van der Waals surface area (Å²) in [6.07, 6.45) is 3.82. The number of rotatable bonds is 4. The van der Waals surface area contributed by atoms with E-state index < -0.39 is 0 Å². The van der Waals surface area contributed by atoms with Crippen molar-refractivity contribution in [2.24, 2.45) is 5.73 Å². The molecular weight excluding hydrogens is 300 g/mol. The first-order chi connectivity index (χ1) is 9.08. The Hall–Kier alpha value is -0.380. The molecule has 2 N–H and O–H groups in total. The van der Waals surface area contributed by atoms with Crippen molar-refractivity contribution in [3.8, 4) is 0 Å². The molecule has 2 rings (SSSR count). The van der Waals surface area contributed by atoms with Crippen LogP contribution in [0.3, 0.4) is 0 Å². The van der Waals surface area contributed by atoms with Crippen LogP contribution < -0.4 is 5.73 Å². The maximum Gasteiger partial charge on any atom is 0.0476 e. The molecule has 1 saturated heterocycles. The predicted molar refractivity (Wildman–Crippen MR) is 85.3 cm³/mol. The van der Waals surface area contributed by atoms with Gasteiger partial charge in [0.15, 0.2) is 0 Å². The second-order valence-electron chi connectivity index (χ2n) is 5.70. The highest BCUT2D eigenvalue weighted by Crippen LogP contribution is 2.35. The zero-order chi connectivity index (χ0) is 14.0. The van der Waals surface area contributed by atoms with Crippen LogP contribution in [-0.4, -0.2) is 23.5 Å². The summed E-state index contributed by atoms with van der Waals surface area (Å²) in [6.45, 7) is 7.44. The highest BCUT2D eigenvalue weighted by molar-refractivity contribution is 9.10. The van der Waals surface area contributed by atoms with Crippen LogP contribution in [0, 0.1) is 6.92 Å². The number of halogens is 1. The van der Waals surface area contributed by atoms with E-state index in [0.29, 0.717) is 24.7 Å². The molecule has 19 heavy (non-hydrogen) atoms. The zero-order valence-electron chi connectivity index (χ0n) is 12.2. The third-order valence-electron chi connectivity index (χ3n) is 4.48. The molecule has 0 spiro atoms. The van der Waals surface area contributed by atoms with Gasteiger partial charge in [0.25, 0.3) is 0 Å². The third-order valence-corrected chi connectivity index (χ3v) is 5.34. The molecule has 3 atom stereocenters. The van der Waals surface area contributed by atoms with E-state index in [1.165, 1.54) is 34.9 Å². The minimum absolute atomic E-state index is 0.347. The quantitative estimate of drug-likeness (QED) is 0.906. The number of likely N-dealkylation sites (tertiary alicyclic amines) is 1. The largest absolute Gasteiger partial charge is 0.329 e. The van der Waals surface area contributed by atoms with Crippen molar-refractivity contribution >= 4 is 15.9 Å². The second kappa shape index (κ2) is 6.38. The SMILES string of the molecule is CCC1CCC(C)N1C(CN)c1ccc(C)c(Br)c1. The fraction of sp³-hybridized carbons (Fsp3) is 0.625. The molecule has 1 aromatic carbocycles. The fourth-order valence-corrected chi connectivity index (χ4v) is 3.71. The molecule has 0 radical (unpaired) electrons. The summed E-state index contributed by atoms with van der Waals surface area (Å²) < 4.78 is 1.18. The van der Waals surface area contributed by atoms with Gasteiger partial charge in [-0.15, -0.1) is 0 Å².